The van der Waals surface area contributed by atoms with Gasteiger partial charge < -0.3 is 10.2 Å². The van der Waals surface area contributed by atoms with Crippen LogP contribution in [0.5, 0.6) is 0 Å². The van der Waals surface area contributed by atoms with E-state index in [4.69, 9.17) is 0 Å². The molecule has 1 heterocycles. The zero-order valence-corrected chi connectivity index (χ0v) is 14.5. The standard InChI is InChI=1S/C20H22N4O/c1-3-24-19(12-13-22-24)15-21-17-9-7-8-16(14-17)20(25)23(2)18-10-5-4-6-11-18/h4-14,21H,3,15H2,1-2H3. The van der Waals surface area contributed by atoms with E-state index in [0.717, 1.165) is 23.6 Å². The second-order valence-electron chi connectivity index (χ2n) is 5.77. The molecule has 0 aliphatic carbocycles. The Balaban J connectivity index is 1.71. The molecule has 3 aromatic rings. The van der Waals surface area contributed by atoms with E-state index in [1.54, 1.807) is 18.1 Å². The summed E-state index contributed by atoms with van der Waals surface area (Å²) in [6.07, 6.45) is 1.80. The number of hydrogen-bond acceptors (Lipinski definition) is 3. The number of amides is 1. The smallest absolute Gasteiger partial charge is 0.258 e. The van der Waals surface area contributed by atoms with Crippen LogP contribution in [0.2, 0.25) is 0 Å². The van der Waals surface area contributed by atoms with Crippen molar-refractivity contribution in [2.75, 3.05) is 17.3 Å². The molecule has 25 heavy (non-hydrogen) atoms. The van der Waals surface area contributed by atoms with Gasteiger partial charge in [0.05, 0.1) is 12.2 Å². The number of aryl methyl sites for hydroxylation is 1. The summed E-state index contributed by atoms with van der Waals surface area (Å²) in [6, 6.07) is 19.2. The van der Waals surface area contributed by atoms with Crippen molar-refractivity contribution in [3.8, 4) is 0 Å². The van der Waals surface area contributed by atoms with Gasteiger partial charge in [-0.25, -0.2) is 0 Å². The van der Waals surface area contributed by atoms with Crippen LogP contribution in [-0.4, -0.2) is 22.7 Å². The Morgan fingerprint density at radius 2 is 1.92 bits per heavy atom. The first-order valence-corrected chi connectivity index (χ1v) is 8.36. The van der Waals surface area contributed by atoms with Gasteiger partial charge in [-0.1, -0.05) is 24.3 Å². The number of hydrogen-bond donors (Lipinski definition) is 1. The summed E-state index contributed by atoms with van der Waals surface area (Å²) in [5.41, 5.74) is 3.55. The molecule has 0 saturated carbocycles. The zero-order chi connectivity index (χ0) is 17.6. The van der Waals surface area contributed by atoms with Crippen LogP contribution in [0.1, 0.15) is 23.0 Å². The Bertz CT molecular complexity index is 842. The lowest BCUT2D eigenvalue weighted by molar-refractivity contribution is 0.0993. The minimum absolute atomic E-state index is 0.0338. The summed E-state index contributed by atoms with van der Waals surface area (Å²) in [7, 11) is 1.79. The van der Waals surface area contributed by atoms with Gasteiger partial charge in [0.15, 0.2) is 0 Å². The van der Waals surface area contributed by atoms with Gasteiger partial charge in [0.25, 0.3) is 5.91 Å². The van der Waals surface area contributed by atoms with E-state index < -0.39 is 0 Å². The summed E-state index contributed by atoms with van der Waals surface area (Å²) in [5, 5.41) is 7.63. The highest BCUT2D eigenvalue weighted by Crippen LogP contribution is 2.18. The number of carbonyl (C=O) groups is 1. The fourth-order valence-corrected chi connectivity index (χ4v) is 2.71. The summed E-state index contributed by atoms with van der Waals surface area (Å²) in [6.45, 7) is 3.57. The first-order valence-electron chi connectivity index (χ1n) is 8.36. The van der Waals surface area contributed by atoms with E-state index in [0.29, 0.717) is 12.1 Å². The maximum atomic E-state index is 12.7. The molecular formula is C20H22N4O. The van der Waals surface area contributed by atoms with E-state index in [1.807, 2.05) is 65.3 Å². The third kappa shape index (κ3) is 3.88. The van der Waals surface area contributed by atoms with Crippen LogP contribution in [0.25, 0.3) is 0 Å². The Morgan fingerprint density at radius 3 is 2.68 bits per heavy atom. The highest BCUT2D eigenvalue weighted by Gasteiger charge is 2.13. The number of nitrogens with one attached hydrogen (secondary N) is 1. The Kier molecular flexibility index (Phi) is 5.14. The molecule has 0 spiro atoms. The molecule has 0 unspecified atom stereocenters. The lowest BCUT2D eigenvalue weighted by Gasteiger charge is -2.18. The van der Waals surface area contributed by atoms with Crippen molar-refractivity contribution in [1.29, 1.82) is 0 Å². The molecule has 0 saturated heterocycles. The number of para-hydroxylation sites is 1. The molecule has 128 valence electrons. The maximum absolute atomic E-state index is 12.7. The van der Waals surface area contributed by atoms with Crippen molar-refractivity contribution >= 4 is 17.3 Å². The van der Waals surface area contributed by atoms with E-state index >= 15 is 0 Å². The molecule has 5 nitrogen and oxygen atoms in total. The van der Waals surface area contributed by atoms with E-state index in [1.165, 1.54) is 0 Å². The lowest BCUT2D eigenvalue weighted by Crippen LogP contribution is -2.26. The molecular weight excluding hydrogens is 312 g/mol. The van der Waals surface area contributed by atoms with Crippen LogP contribution < -0.4 is 10.2 Å². The predicted molar refractivity (Wildman–Crippen MR) is 101 cm³/mol. The van der Waals surface area contributed by atoms with Crippen molar-refractivity contribution in [2.24, 2.45) is 0 Å². The molecule has 1 N–H and O–H groups in total. The third-order valence-electron chi connectivity index (χ3n) is 4.14. The molecule has 0 radical (unpaired) electrons. The van der Waals surface area contributed by atoms with Crippen molar-refractivity contribution in [2.45, 2.75) is 20.0 Å². The third-order valence-corrected chi connectivity index (χ3v) is 4.14. The summed E-state index contributed by atoms with van der Waals surface area (Å²) in [5.74, 6) is -0.0338. The van der Waals surface area contributed by atoms with Crippen LogP contribution in [0.4, 0.5) is 11.4 Å². The molecule has 5 heteroatoms. The summed E-state index contributed by atoms with van der Waals surface area (Å²) >= 11 is 0. The predicted octanol–water partition coefficient (Wildman–Crippen LogP) is 3.79. The van der Waals surface area contributed by atoms with Crippen LogP contribution >= 0.6 is 0 Å². The van der Waals surface area contributed by atoms with Crippen molar-refractivity contribution in [1.82, 2.24) is 9.78 Å². The fraction of sp³-hybridized carbons (Fsp3) is 0.200. The Morgan fingerprint density at radius 1 is 1.12 bits per heavy atom. The number of benzene rings is 2. The molecule has 1 aromatic heterocycles. The average Bonchev–Trinajstić information content (AvgIpc) is 3.13. The summed E-state index contributed by atoms with van der Waals surface area (Å²) in [4.78, 5) is 14.4. The largest absolute Gasteiger partial charge is 0.379 e. The molecule has 0 atom stereocenters. The van der Waals surface area contributed by atoms with Crippen LogP contribution in [0.3, 0.4) is 0 Å². The minimum Gasteiger partial charge on any atom is -0.379 e. The number of rotatable bonds is 6. The number of carbonyl (C=O) groups excluding carboxylic acids is 1. The normalized spacial score (nSPS) is 10.5. The van der Waals surface area contributed by atoms with Crippen LogP contribution in [0, 0.1) is 0 Å². The molecule has 0 bridgehead atoms. The van der Waals surface area contributed by atoms with Gasteiger partial charge in [-0.3, -0.25) is 9.48 Å². The van der Waals surface area contributed by atoms with Crippen LogP contribution in [-0.2, 0) is 13.1 Å². The van der Waals surface area contributed by atoms with Crippen molar-refractivity contribution in [3.05, 3.63) is 78.1 Å². The van der Waals surface area contributed by atoms with E-state index in [9.17, 15) is 4.79 Å². The Hall–Kier alpha value is -3.08. The second-order valence-corrected chi connectivity index (χ2v) is 5.77. The summed E-state index contributed by atoms with van der Waals surface area (Å²) < 4.78 is 1.95. The molecule has 1 amide bonds. The van der Waals surface area contributed by atoms with Crippen LogP contribution in [0.15, 0.2) is 66.9 Å². The topological polar surface area (TPSA) is 50.2 Å². The molecule has 3 rings (SSSR count). The van der Waals surface area contributed by atoms with Gasteiger partial charge in [-0.2, -0.15) is 5.10 Å². The number of anilines is 2. The van der Waals surface area contributed by atoms with E-state index in [2.05, 4.69) is 17.3 Å². The Labute approximate surface area is 147 Å². The fourth-order valence-electron chi connectivity index (χ4n) is 2.71. The number of aromatic nitrogens is 2. The van der Waals surface area contributed by atoms with Crippen molar-refractivity contribution in [3.63, 3.8) is 0 Å². The monoisotopic (exact) mass is 334 g/mol. The first-order chi connectivity index (χ1) is 12.2. The maximum Gasteiger partial charge on any atom is 0.258 e. The molecule has 2 aromatic carbocycles. The van der Waals surface area contributed by atoms with Crippen molar-refractivity contribution < 1.29 is 4.79 Å². The molecule has 0 aliphatic rings. The van der Waals surface area contributed by atoms with E-state index in [-0.39, 0.29) is 5.91 Å². The van der Waals surface area contributed by atoms with Gasteiger partial charge in [0.2, 0.25) is 0 Å². The SMILES string of the molecule is CCn1nccc1CNc1cccc(C(=O)N(C)c2ccccc2)c1. The molecule has 0 fully saturated rings. The highest BCUT2D eigenvalue weighted by molar-refractivity contribution is 6.06. The van der Waals surface area contributed by atoms with Gasteiger partial charge in [-0.15, -0.1) is 0 Å². The average molecular weight is 334 g/mol. The number of nitrogens with zero attached hydrogens (tertiary/aromatic N) is 3. The molecule has 0 aliphatic heterocycles. The second kappa shape index (κ2) is 7.66. The van der Waals surface area contributed by atoms with Gasteiger partial charge in [-0.05, 0) is 43.3 Å². The van der Waals surface area contributed by atoms with Gasteiger partial charge >= 0.3 is 0 Å². The minimum atomic E-state index is -0.0338. The van der Waals surface area contributed by atoms with Gasteiger partial charge in [0.1, 0.15) is 0 Å². The zero-order valence-electron chi connectivity index (χ0n) is 14.5. The highest BCUT2D eigenvalue weighted by atomic mass is 16.2. The quantitative estimate of drug-likeness (QED) is 0.746. The van der Waals surface area contributed by atoms with Gasteiger partial charge in [0, 0.05) is 36.7 Å². The lowest BCUT2D eigenvalue weighted by atomic mass is 10.1. The first kappa shape index (κ1) is 16.8.